The Labute approximate surface area is 244 Å². The number of fused-ring (bicyclic) bond motifs is 2. The van der Waals surface area contributed by atoms with E-state index in [1.54, 1.807) is 25.3 Å². The van der Waals surface area contributed by atoms with Crippen LogP contribution in [0.5, 0.6) is 5.75 Å². The van der Waals surface area contributed by atoms with Crippen LogP contribution in [0.3, 0.4) is 0 Å². The first-order valence-corrected chi connectivity index (χ1v) is 13.9. The predicted molar refractivity (Wildman–Crippen MR) is 140 cm³/mol. The summed E-state index contributed by atoms with van der Waals surface area (Å²) in [4.78, 5) is 46.6. The third-order valence-electron chi connectivity index (χ3n) is 8.14. The Balaban J connectivity index is 1.25. The highest BCUT2D eigenvalue weighted by molar-refractivity contribution is 6.30. The minimum Gasteiger partial charge on any atom is -0.465 e. The highest BCUT2D eigenvalue weighted by Gasteiger charge is 2.56. The molecule has 42 heavy (non-hydrogen) atoms. The van der Waals surface area contributed by atoms with Crippen molar-refractivity contribution in [3.05, 3.63) is 68.0 Å². The van der Waals surface area contributed by atoms with E-state index in [1.165, 1.54) is 0 Å². The average Bonchev–Trinajstić information content (AvgIpc) is 3.65. The Morgan fingerprint density at radius 2 is 1.98 bits per heavy atom. The molecule has 6 rings (SSSR count). The van der Waals surface area contributed by atoms with Crippen LogP contribution < -0.4 is 4.74 Å². The number of rotatable bonds is 6. The van der Waals surface area contributed by atoms with Crippen LogP contribution in [0.2, 0.25) is 5.02 Å². The van der Waals surface area contributed by atoms with Crippen LogP contribution in [0.15, 0.2) is 30.5 Å². The number of amides is 1. The van der Waals surface area contributed by atoms with Gasteiger partial charge in [0.25, 0.3) is 5.09 Å². The SMILES string of the molecule is Cc1ncc2c(c1OC(=O)OC1OC3CCOC3C1[C@H]1CCCC(O[N+](=O)[O-])N1C(=O)O)C(c1ccc(Cl)cc1)OC2. The molecule has 14 nitrogen and oxygen atoms in total. The predicted octanol–water partition coefficient (Wildman–Crippen LogP) is 4.38. The maximum Gasteiger partial charge on any atom is 0.516 e. The van der Waals surface area contributed by atoms with Crippen LogP contribution in [0, 0.1) is 23.0 Å². The number of carboxylic acid groups (broad SMARTS) is 1. The van der Waals surface area contributed by atoms with Crippen LogP contribution in [0.25, 0.3) is 0 Å². The van der Waals surface area contributed by atoms with Crippen LogP contribution in [-0.4, -0.2) is 69.7 Å². The normalized spacial score (nSPS) is 30.0. The Hall–Kier alpha value is -3.72. The number of halogens is 1. The Bertz CT molecular complexity index is 1380. The zero-order valence-corrected chi connectivity index (χ0v) is 23.2. The number of hydrogen-bond donors (Lipinski definition) is 1. The molecule has 4 aliphatic heterocycles. The molecule has 1 amide bonds. The number of hydrogen-bond acceptors (Lipinski definition) is 11. The first kappa shape index (κ1) is 28.4. The molecule has 3 saturated heterocycles. The van der Waals surface area contributed by atoms with Crippen molar-refractivity contribution < 1.29 is 48.3 Å². The maximum absolute atomic E-state index is 13.3. The molecular formula is C27H28ClN3O11. The zero-order valence-electron chi connectivity index (χ0n) is 22.4. The largest absolute Gasteiger partial charge is 0.516 e. The molecule has 1 aromatic carbocycles. The number of pyridine rings is 1. The fraction of sp³-hybridized carbons (Fsp3) is 0.519. The molecule has 0 radical (unpaired) electrons. The summed E-state index contributed by atoms with van der Waals surface area (Å²) in [6, 6.07) is 6.29. The Morgan fingerprint density at radius 1 is 1.19 bits per heavy atom. The first-order chi connectivity index (χ1) is 20.2. The summed E-state index contributed by atoms with van der Waals surface area (Å²) in [6.45, 7) is 2.33. The number of carbonyl (C=O) groups is 2. The van der Waals surface area contributed by atoms with Gasteiger partial charge in [-0.15, -0.1) is 10.1 Å². The molecule has 6 unspecified atom stereocenters. The Kier molecular flexibility index (Phi) is 7.79. The average molecular weight is 606 g/mol. The summed E-state index contributed by atoms with van der Waals surface area (Å²) in [5.41, 5.74) is 2.62. The van der Waals surface area contributed by atoms with Crippen molar-refractivity contribution in [1.82, 2.24) is 9.88 Å². The van der Waals surface area contributed by atoms with Crippen LogP contribution >= 0.6 is 11.6 Å². The molecule has 224 valence electrons. The number of carbonyl (C=O) groups excluding carboxylic acids is 1. The fourth-order valence-corrected chi connectivity index (χ4v) is 6.52. The topological polar surface area (TPSA) is 169 Å². The van der Waals surface area contributed by atoms with Crippen molar-refractivity contribution in [3.8, 4) is 5.75 Å². The second-order valence-electron chi connectivity index (χ2n) is 10.5. The summed E-state index contributed by atoms with van der Waals surface area (Å²) in [5.74, 6) is -0.588. The molecular weight excluding hydrogens is 578 g/mol. The zero-order chi connectivity index (χ0) is 29.5. The lowest BCUT2D eigenvalue weighted by molar-refractivity contribution is -0.775. The lowest BCUT2D eigenvalue weighted by Crippen LogP contribution is -2.57. The minimum absolute atomic E-state index is 0.141. The first-order valence-electron chi connectivity index (χ1n) is 13.5. The van der Waals surface area contributed by atoms with Gasteiger partial charge >= 0.3 is 12.2 Å². The van der Waals surface area contributed by atoms with Gasteiger partial charge in [-0.2, -0.15) is 0 Å². The molecule has 15 heteroatoms. The summed E-state index contributed by atoms with van der Waals surface area (Å²) >= 11 is 6.05. The van der Waals surface area contributed by atoms with Crippen molar-refractivity contribution in [3.63, 3.8) is 0 Å². The highest BCUT2D eigenvalue weighted by Crippen LogP contribution is 2.45. The smallest absolute Gasteiger partial charge is 0.465 e. The van der Waals surface area contributed by atoms with Crippen molar-refractivity contribution >= 4 is 23.8 Å². The second kappa shape index (κ2) is 11.5. The summed E-state index contributed by atoms with van der Waals surface area (Å²) in [6.07, 6.45) is -3.48. The summed E-state index contributed by atoms with van der Waals surface area (Å²) in [7, 11) is 0. The van der Waals surface area contributed by atoms with Gasteiger partial charge < -0.3 is 28.8 Å². The van der Waals surface area contributed by atoms with Gasteiger partial charge in [0.2, 0.25) is 6.29 Å². The quantitative estimate of drug-likeness (QED) is 0.280. The van der Waals surface area contributed by atoms with Crippen molar-refractivity contribution in [2.24, 2.45) is 5.92 Å². The third-order valence-corrected chi connectivity index (χ3v) is 8.40. The second-order valence-corrected chi connectivity index (χ2v) is 11.0. The number of ether oxygens (including phenoxy) is 5. The van der Waals surface area contributed by atoms with E-state index in [1.807, 2.05) is 12.1 Å². The molecule has 4 aliphatic rings. The number of piperidine rings is 1. The van der Waals surface area contributed by atoms with Crippen LogP contribution in [0.1, 0.15) is 54.2 Å². The maximum atomic E-state index is 13.3. The molecule has 0 bridgehead atoms. The van der Waals surface area contributed by atoms with Gasteiger partial charge in [-0.3, -0.25) is 14.7 Å². The van der Waals surface area contributed by atoms with Gasteiger partial charge in [-0.1, -0.05) is 23.7 Å². The molecule has 1 aromatic heterocycles. The van der Waals surface area contributed by atoms with E-state index < -0.39 is 60.1 Å². The van der Waals surface area contributed by atoms with Crippen molar-refractivity contribution in [2.45, 2.75) is 76.1 Å². The van der Waals surface area contributed by atoms with Crippen LogP contribution in [-0.2, 0) is 30.4 Å². The Morgan fingerprint density at radius 3 is 2.71 bits per heavy atom. The van der Waals surface area contributed by atoms with Crippen molar-refractivity contribution in [2.75, 3.05) is 6.61 Å². The van der Waals surface area contributed by atoms with Crippen LogP contribution in [0.4, 0.5) is 9.59 Å². The summed E-state index contributed by atoms with van der Waals surface area (Å²) < 4.78 is 29.3. The number of benzene rings is 1. The summed E-state index contributed by atoms with van der Waals surface area (Å²) in [5, 5.41) is 20.6. The lowest BCUT2D eigenvalue weighted by Gasteiger charge is -2.43. The third kappa shape index (κ3) is 5.30. The highest BCUT2D eigenvalue weighted by atomic mass is 35.5. The van der Waals surface area contributed by atoms with Gasteiger partial charge in [-0.05, 0) is 50.3 Å². The molecule has 2 aromatic rings. The van der Waals surface area contributed by atoms with E-state index in [4.69, 9.17) is 40.1 Å². The number of aromatic nitrogens is 1. The molecule has 0 spiro atoms. The monoisotopic (exact) mass is 605 g/mol. The van der Waals surface area contributed by atoms with Gasteiger partial charge in [-0.25, -0.2) is 9.59 Å². The van der Waals surface area contributed by atoms with E-state index in [2.05, 4.69) is 4.98 Å². The molecule has 3 fully saturated rings. The number of likely N-dealkylation sites (tertiary alicyclic amines) is 1. The van der Waals surface area contributed by atoms with E-state index in [0.717, 1.165) is 16.0 Å². The van der Waals surface area contributed by atoms with Gasteiger partial charge in [0.1, 0.15) is 6.10 Å². The molecule has 1 N–H and O–H groups in total. The van der Waals surface area contributed by atoms with Crippen molar-refractivity contribution in [1.29, 1.82) is 0 Å². The van der Waals surface area contributed by atoms with E-state index in [-0.39, 0.29) is 18.8 Å². The minimum atomic E-state index is -1.40. The number of nitrogens with zero attached hydrogens (tertiary/aromatic N) is 3. The molecule has 7 atom stereocenters. The standard InChI is InChI=1S/C27H28ClN3O11/c1-13-22(20-15(11-29-13)12-38-23(20)14-5-7-16(28)8-6-14)40-27(34)41-25-21(24-18(39-25)9-10-37-24)17-3-2-4-19(42-31(35)36)30(17)26(32)33/h5-8,11,17-19,21,23-25H,2-4,9-10,12H2,1H3,(H,32,33)/t17-,18?,19?,21?,23?,24?,25?/m1/s1. The van der Waals surface area contributed by atoms with Gasteiger partial charge in [0, 0.05) is 35.0 Å². The number of aryl methyl sites for hydroxylation is 1. The van der Waals surface area contributed by atoms with E-state index in [0.29, 0.717) is 42.1 Å². The molecule has 5 heterocycles. The van der Waals surface area contributed by atoms with E-state index >= 15 is 0 Å². The molecule has 0 saturated carbocycles. The molecule has 0 aliphatic carbocycles. The van der Waals surface area contributed by atoms with Gasteiger partial charge in [0.15, 0.2) is 12.0 Å². The fourth-order valence-electron chi connectivity index (χ4n) is 6.39. The van der Waals surface area contributed by atoms with Gasteiger partial charge in [0.05, 0.1) is 30.4 Å². The lowest BCUT2D eigenvalue weighted by atomic mass is 9.85. The van der Waals surface area contributed by atoms with E-state index in [9.17, 15) is 24.8 Å².